The quantitative estimate of drug-likeness (QED) is 0.843. The first-order chi connectivity index (χ1) is 10.6. The summed E-state index contributed by atoms with van der Waals surface area (Å²) in [5.74, 6) is 0. The van der Waals surface area contributed by atoms with Crippen LogP contribution in [0.25, 0.3) is 11.1 Å². The van der Waals surface area contributed by atoms with E-state index in [0.717, 1.165) is 30.6 Å². The van der Waals surface area contributed by atoms with Gasteiger partial charge in [0.05, 0.1) is 0 Å². The second-order valence-corrected chi connectivity index (χ2v) is 5.44. The Kier molecular flexibility index (Phi) is 3.76. The molecule has 0 saturated carbocycles. The highest BCUT2D eigenvalue weighted by molar-refractivity contribution is 5.74. The Bertz CT molecular complexity index is 750. The normalized spacial score (nSPS) is 13.9. The van der Waals surface area contributed by atoms with Gasteiger partial charge in [0.15, 0.2) is 0 Å². The van der Waals surface area contributed by atoms with Crippen molar-refractivity contribution in [3.05, 3.63) is 47.3 Å². The van der Waals surface area contributed by atoms with Gasteiger partial charge in [-0.05, 0) is 53.8 Å². The van der Waals surface area contributed by atoms with Crippen molar-refractivity contribution in [1.29, 1.82) is 5.26 Å². The maximum atomic E-state index is 13.5. The van der Waals surface area contributed by atoms with E-state index in [-0.39, 0.29) is 11.3 Å². The van der Waals surface area contributed by atoms with Gasteiger partial charge in [-0.1, -0.05) is 0 Å². The van der Waals surface area contributed by atoms with Crippen molar-refractivity contribution in [2.75, 3.05) is 18.5 Å². The number of aryl methyl sites for hydroxylation is 1. The van der Waals surface area contributed by atoms with Crippen molar-refractivity contribution in [2.45, 2.75) is 19.3 Å². The third kappa shape index (κ3) is 2.52. The molecule has 112 valence electrons. The van der Waals surface area contributed by atoms with E-state index in [9.17, 15) is 8.78 Å². The molecule has 3 nitrogen and oxygen atoms in total. The number of hydrogen-bond acceptors (Lipinski definition) is 3. The molecule has 0 fully saturated rings. The zero-order valence-corrected chi connectivity index (χ0v) is 12.2. The Hall–Kier alpha value is -2.48. The zero-order valence-electron chi connectivity index (χ0n) is 12.2. The number of benzene rings is 1. The molecule has 2 aromatic rings. The maximum Gasteiger partial charge on any atom is 0.264 e. The summed E-state index contributed by atoms with van der Waals surface area (Å²) in [5, 5.41) is 8.95. The highest BCUT2D eigenvalue weighted by atomic mass is 19.3. The molecule has 1 aliphatic rings. The maximum absolute atomic E-state index is 13.5. The van der Waals surface area contributed by atoms with E-state index in [4.69, 9.17) is 5.26 Å². The second-order valence-electron chi connectivity index (χ2n) is 5.44. The van der Waals surface area contributed by atoms with Gasteiger partial charge in [-0.2, -0.15) is 5.26 Å². The fourth-order valence-electron chi connectivity index (χ4n) is 2.92. The van der Waals surface area contributed by atoms with Gasteiger partial charge in [-0.3, -0.25) is 0 Å². The van der Waals surface area contributed by atoms with Crippen LogP contribution >= 0.6 is 0 Å². The number of halogens is 2. The van der Waals surface area contributed by atoms with Crippen LogP contribution in [0.3, 0.4) is 0 Å². The van der Waals surface area contributed by atoms with Crippen LogP contribution in [0.1, 0.15) is 29.7 Å². The summed E-state index contributed by atoms with van der Waals surface area (Å²) in [7, 11) is 1.92. The SMILES string of the molecule is CN1CCCc2cc(-c3ccnc(C#N)c3)c(C(F)F)cc21. The Morgan fingerprint density at radius 2 is 2.14 bits per heavy atom. The molecule has 0 bridgehead atoms. The zero-order chi connectivity index (χ0) is 15.7. The van der Waals surface area contributed by atoms with Crippen LogP contribution in [0.15, 0.2) is 30.5 Å². The number of anilines is 1. The van der Waals surface area contributed by atoms with Crippen molar-refractivity contribution in [3.63, 3.8) is 0 Å². The Balaban J connectivity index is 2.19. The largest absolute Gasteiger partial charge is 0.374 e. The first-order valence-corrected chi connectivity index (χ1v) is 7.13. The lowest BCUT2D eigenvalue weighted by molar-refractivity contribution is 0.152. The van der Waals surface area contributed by atoms with Crippen LogP contribution in [0.5, 0.6) is 0 Å². The molecule has 3 rings (SSSR count). The Morgan fingerprint density at radius 1 is 1.32 bits per heavy atom. The van der Waals surface area contributed by atoms with Gasteiger partial charge in [0.2, 0.25) is 0 Å². The van der Waals surface area contributed by atoms with Crippen molar-refractivity contribution < 1.29 is 8.78 Å². The molecule has 5 heteroatoms. The Labute approximate surface area is 127 Å². The first-order valence-electron chi connectivity index (χ1n) is 7.13. The number of aromatic nitrogens is 1. The summed E-state index contributed by atoms with van der Waals surface area (Å²) in [6.07, 6.45) is 0.812. The van der Waals surface area contributed by atoms with Crippen LogP contribution in [0.2, 0.25) is 0 Å². The van der Waals surface area contributed by atoms with Crippen molar-refractivity contribution in [1.82, 2.24) is 4.98 Å². The van der Waals surface area contributed by atoms with Gasteiger partial charge in [-0.15, -0.1) is 0 Å². The van der Waals surface area contributed by atoms with Crippen LogP contribution < -0.4 is 4.90 Å². The molecular formula is C17H15F2N3. The molecule has 1 aromatic carbocycles. The van der Waals surface area contributed by atoms with Gasteiger partial charge in [0.25, 0.3) is 6.43 Å². The highest BCUT2D eigenvalue weighted by Crippen LogP contribution is 2.38. The number of fused-ring (bicyclic) bond motifs is 1. The minimum atomic E-state index is -2.56. The summed E-state index contributed by atoms with van der Waals surface area (Å²) in [6, 6.07) is 8.59. The van der Waals surface area contributed by atoms with Crippen molar-refractivity contribution in [2.24, 2.45) is 0 Å². The summed E-state index contributed by atoms with van der Waals surface area (Å²) >= 11 is 0. The predicted octanol–water partition coefficient (Wildman–Crippen LogP) is 3.94. The highest BCUT2D eigenvalue weighted by Gasteiger charge is 2.21. The number of rotatable bonds is 2. The van der Waals surface area contributed by atoms with E-state index in [2.05, 4.69) is 4.98 Å². The molecule has 0 unspecified atom stereocenters. The fraction of sp³-hybridized carbons (Fsp3) is 0.294. The number of alkyl halides is 2. The fourth-order valence-corrected chi connectivity index (χ4v) is 2.92. The molecule has 1 aromatic heterocycles. The van der Waals surface area contributed by atoms with Crippen LogP contribution in [0, 0.1) is 11.3 Å². The van der Waals surface area contributed by atoms with Gasteiger partial charge >= 0.3 is 0 Å². The topological polar surface area (TPSA) is 39.9 Å². The minimum Gasteiger partial charge on any atom is -0.374 e. The number of pyridine rings is 1. The third-order valence-corrected chi connectivity index (χ3v) is 4.02. The van der Waals surface area contributed by atoms with E-state index < -0.39 is 6.43 Å². The van der Waals surface area contributed by atoms with Crippen LogP contribution in [-0.4, -0.2) is 18.6 Å². The first kappa shape index (κ1) is 14.5. The lowest BCUT2D eigenvalue weighted by atomic mass is 9.92. The van der Waals surface area contributed by atoms with E-state index in [0.29, 0.717) is 11.1 Å². The lowest BCUT2D eigenvalue weighted by Crippen LogP contribution is -2.25. The average molecular weight is 299 g/mol. The smallest absolute Gasteiger partial charge is 0.264 e. The monoisotopic (exact) mass is 299 g/mol. The summed E-state index contributed by atoms with van der Waals surface area (Å²) in [4.78, 5) is 5.92. The van der Waals surface area contributed by atoms with Crippen LogP contribution in [0.4, 0.5) is 14.5 Å². The molecule has 0 amide bonds. The number of nitriles is 1. The molecule has 2 heterocycles. The molecule has 1 aliphatic heterocycles. The Morgan fingerprint density at radius 3 is 2.86 bits per heavy atom. The standard InChI is InChI=1S/C17H15F2N3/c1-22-6-2-3-12-8-14(15(17(18)19)9-16(12)22)11-4-5-21-13(7-11)10-20/h4-5,7-9,17H,2-3,6H2,1H3. The van der Waals surface area contributed by atoms with Gasteiger partial charge in [-0.25, -0.2) is 13.8 Å². The molecule has 0 atom stereocenters. The number of hydrogen-bond donors (Lipinski definition) is 0. The second kappa shape index (κ2) is 5.72. The van der Waals surface area contributed by atoms with E-state index in [1.54, 1.807) is 18.2 Å². The van der Waals surface area contributed by atoms with Crippen molar-refractivity contribution >= 4 is 5.69 Å². The molecule has 0 aliphatic carbocycles. The molecule has 0 N–H and O–H groups in total. The predicted molar refractivity (Wildman–Crippen MR) is 80.9 cm³/mol. The van der Waals surface area contributed by atoms with E-state index >= 15 is 0 Å². The van der Waals surface area contributed by atoms with Gasteiger partial charge in [0, 0.05) is 31.0 Å². The lowest BCUT2D eigenvalue weighted by Gasteiger charge is -2.29. The summed E-state index contributed by atoms with van der Waals surface area (Å²) in [5.41, 5.74) is 3.28. The minimum absolute atomic E-state index is 0.00240. The third-order valence-electron chi connectivity index (χ3n) is 4.02. The van der Waals surface area contributed by atoms with Gasteiger partial charge < -0.3 is 4.90 Å². The summed E-state index contributed by atoms with van der Waals surface area (Å²) < 4.78 is 27.0. The molecule has 0 radical (unpaired) electrons. The van der Waals surface area contributed by atoms with Gasteiger partial charge in [0.1, 0.15) is 11.8 Å². The van der Waals surface area contributed by atoms with Crippen molar-refractivity contribution in [3.8, 4) is 17.2 Å². The van der Waals surface area contributed by atoms with E-state index in [1.807, 2.05) is 24.1 Å². The summed E-state index contributed by atoms with van der Waals surface area (Å²) in [6.45, 7) is 0.878. The van der Waals surface area contributed by atoms with E-state index in [1.165, 1.54) is 6.20 Å². The number of nitrogens with zero attached hydrogens (tertiary/aromatic N) is 3. The molecule has 22 heavy (non-hydrogen) atoms. The molecule has 0 spiro atoms. The molecule has 0 saturated heterocycles. The van der Waals surface area contributed by atoms with Crippen LogP contribution in [-0.2, 0) is 6.42 Å². The molecular weight excluding hydrogens is 284 g/mol. The average Bonchev–Trinajstić information content (AvgIpc) is 2.54.